The van der Waals surface area contributed by atoms with Gasteiger partial charge in [0.1, 0.15) is 16.5 Å². The van der Waals surface area contributed by atoms with Gasteiger partial charge >= 0.3 is 5.97 Å². The maximum absolute atomic E-state index is 10.6. The van der Waals surface area contributed by atoms with Crippen LogP contribution in [0.4, 0.5) is 5.82 Å². The van der Waals surface area contributed by atoms with E-state index in [4.69, 9.17) is 5.11 Å². The summed E-state index contributed by atoms with van der Waals surface area (Å²) in [7, 11) is 0. The molecule has 0 aromatic carbocycles. The van der Waals surface area contributed by atoms with E-state index in [0.717, 1.165) is 40.6 Å². The Kier molecular flexibility index (Phi) is 4.29. The number of anilines is 1. The van der Waals surface area contributed by atoms with Crippen molar-refractivity contribution in [1.82, 2.24) is 9.97 Å². The van der Waals surface area contributed by atoms with Gasteiger partial charge in [0, 0.05) is 17.8 Å². The van der Waals surface area contributed by atoms with Gasteiger partial charge < -0.3 is 10.4 Å². The number of carbonyl (C=O) groups is 1. The molecule has 1 aliphatic carbocycles. The van der Waals surface area contributed by atoms with E-state index in [1.807, 2.05) is 6.92 Å². The van der Waals surface area contributed by atoms with E-state index in [9.17, 15) is 4.79 Å². The van der Waals surface area contributed by atoms with Crippen molar-refractivity contribution in [3.8, 4) is 0 Å². The molecular weight excluding hydrogens is 298 g/mol. The molecule has 2 N–H and O–H groups in total. The second kappa shape index (κ2) is 6.20. The van der Waals surface area contributed by atoms with Crippen LogP contribution in [-0.2, 0) is 17.6 Å². The third kappa shape index (κ3) is 3.06. The van der Waals surface area contributed by atoms with E-state index in [0.29, 0.717) is 13.0 Å². The first-order valence-electron chi connectivity index (χ1n) is 7.79. The summed E-state index contributed by atoms with van der Waals surface area (Å²) in [5.41, 5.74) is 1.40. The van der Waals surface area contributed by atoms with Crippen LogP contribution in [0.2, 0.25) is 0 Å². The Morgan fingerprint density at radius 3 is 3.05 bits per heavy atom. The molecule has 5 nitrogen and oxygen atoms in total. The van der Waals surface area contributed by atoms with Gasteiger partial charge in [-0.2, -0.15) is 0 Å². The number of aryl methyl sites for hydroxylation is 2. The molecule has 1 atom stereocenters. The van der Waals surface area contributed by atoms with Crippen molar-refractivity contribution < 1.29 is 9.90 Å². The molecule has 0 radical (unpaired) electrons. The number of rotatable bonds is 5. The molecule has 1 unspecified atom stereocenters. The summed E-state index contributed by atoms with van der Waals surface area (Å²) in [6, 6.07) is 0. The fourth-order valence-electron chi connectivity index (χ4n) is 3.02. The first-order chi connectivity index (χ1) is 10.5. The molecule has 0 amide bonds. The average molecular weight is 319 g/mol. The second-order valence-electron chi connectivity index (χ2n) is 6.08. The minimum atomic E-state index is -0.757. The lowest BCUT2D eigenvalue weighted by atomic mass is 9.89. The first-order valence-corrected chi connectivity index (χ1v) is 8.60. The van der Waals surface area contributed by atoms with Gasteiger partial charge in [0.2, 0.25) is 0 Å². The van der Waals surface area contributed by atoms with Gasteiger partial charge in [0.15, 0.2) is 0 Å². The van der Waals surface area contributed by atoms with Crippen LogP contribution >= 0.6 is 11.3 Å². The first kappa shape index (κ1) is 15.2. The highest BCUT2D eigenvalue weighted by molar-refractivity contribution is 7.19. The molecule has 0 spiro atoms. The lowest BCUT2D eigenvalue weighted by molar-refractivity contribution is -0.137. The Morgan fingerprint density at radius 2 is 2.27 bits per heavy atom. The molecule has 6 heteroatoms. The minimum Gasteiger partial charge on any atom is -0.481 e. The molecule has 0 bridgehead atoms. The van der Waals surface area contributed by atoms with Crippen molar-refractivity contribution in [3.63, 3.8) is 0 Å². The van der Waals surface area contributed by atoms with Gasteiger partial charge in [-0.15, -0.1) is 11.3 Å². The fraction of sp³-hybridized carbons (Fsp3) is 0.562. The van der Waals surface area contributed by atoms with Crippen LogP contribution in [0.15, 0.2) is 0 Å². The zero-order chi connectivity index (χ0) is 15.7. The number of nitrogens with zero attached hydrogens (tertiary/aromatic N) is 2. The Bertz CT molecular complexity index is 711. The molecule has 0 saturated carbocycles. The van der Waals surface area contributed by atoms with Crippen molar-refractivity contribution >= 4 is 33.3 Å². The van der Waals surface area contributed by atoms with E-state index >= 15 is 0 Å². The van der Waals surface area contributed by atoms with Crippen molar-refractivity contribution in [1.29, 1.82) is 0 Å². The van der Waals surface area contributed by atoms with Crippen molar-refractivity contribution in [2.24, 2.45) is 5.92 Å². The number of thiophene rings is 1. The summed E-state index contributed by atoms with van der Waals surface area (Å²) in [4.78, 5) is 22.3. The lowest BCUT2D eigenvalue weighted by Gasteiger charge is -2.18. The monoisotopic (exact) mass is 319 g/mol. The van der Waals surface area contributed by atoms with Gasteiger partial charge in [-0.25, -0.2) is 9.97 Å². The number of nitrogens with one attached hydrogen (secondary N) is 1. The number of fused-ring (bicyclic) bond motifs is 3. The molecular formula is C16H21N3O2S. The zero-order valence-electron chi connectivity index (χ0n) is 13.0. The van der Waals surface area contributed by atoms with Gasteiger partial charge in [-0.1, -0.05) is 6.92 Å². The number of hydrogen-bond acceptors (Lipinski definition) is 5. The minimum absolute atomic E-state index is 0.180. The van der Waals surface area contributed by atoms with Crippen molar-refractivity contribution in [2.45, 2.75) is 46.0 Å². The number of carboxylic acid groups (broad SMARTS) is 1. The molecule has 2 aromatic rings. The average Bonchev–Trinajstić information content (AvgIpc) is 2.79. The highest BCUT2D eigenvalue weighted by Gasteiger charge is 2.23. The third-order valence-electron chi connectivity index (χ3n) is 4.13. The summed E-state index contributed by atoms with van der Waals surface area (Å²) in [5.74, 6) is 1.62. The maximum atomic E-state index is 10.6. The Labute approximate surface area is 133 Å². The fourth-order valence-corrected chi connectivity index (χ4v) is 4.45. The van der Waals surface area contributed by atoms with Crippen LogP contribution in [0.1, 0.15) is 42.5 Å². The zero-order valence-corrected chi connectivity index (χ0v) is 13.8. The second-order valence-corrected chi connectivity index (χ2v) is 7.16. The molecule has 0 fully saturated rings. The molecule has 2 aromatic heterocycles. The number of aliphatic carboxylic acids is 1. The largest absolute Gasteiger partial charge is 0.481 e. The molecule has 118 valence electrons. The molecule has 3 rings (SSSR count). The normalized spacial score (nSPS) is 17.5. The summed E-state index contributed by atoms with van der Waals surface area (Å²) in [6.07, 6.45) is 4.22. The highest BCUT2D eigenvalue weighted by atomic mass is 32.1. The van der Waals surface area contributed by atoms with Crippen LogP contribution in [-0.4, -0.2) is 27.6 Å². The SMILES string of the molecule is Cc1nc(NCCCC(=O)O)c2c3c(sc2n1)CC(C)CC3. The van der Waals surface area contributed by atoms with Gasteiger partial charge in [-0.05, 0) is 44.1 Å². The quantitative estimate of drug-likeness (QED) is 0.826. The maximum Gasteiger partial charge on any atom is 0.303 e. The van der Waals surface area contributed by atoms with E-state index in [2.05, 4.69) is 22.2 Å². The predicted octanol–water partition coefficient (Wildman–Crippen LogP) is 3.40. The number of carboxylic acids is 1. The molecule has 0 saturated heterocycles. The topological polar surface area (TPSA) is 75.1 Å². The van der Waals surface area contributed by atoms with E-state index in [1.54, 1.807) is 11.3 Å². The van der Waals surface area contributed by atoms with E-state index < -0.39 is 5.97 Å². The molecule has 2 heterocycles. The highest BCUT2D eigenvalue weighted by Crippen LogP contribution is 2.39. The summed E-state index contributed by atoms with van der Waals surface area (Å²) >= 11 is 1.79. The van der Waals surface area contributed by atoms with Crippen LogP contribution in [0.3, 0.4) is 0 Å². The smallest absolute Gasteiger partial charge is 0.303 e. The summed E-state index contributed by atoms with van der Waals surface area (Å²) in [5, 5.41) is 13.2. The Balaban J connectivity index is 1.90. The van der Waals surface area contributed by atoms with E-state index in [1.165, 1.54) is 16.9 Å². The Morgan fingerprint density at radius 1 is 1.45 bits per heavy atom. The van der Waals surface area contributed by atoms with Gasteiger partial charge in [0.05, 0.1) is 5.39 Å². The summed E-state index contributed by atoms with van der Waals surface area (Å²) < 4.78 is 0. The van der Waals surface area contributed by atoms with Crippen molar-refractivity contribution in [3.05, 3.63) is 16.3 Å². The number of aromatic nitrogens is 2. The van der Waals surface area contributed by atoms with E-state index in [-0.39, 0.29) is 6.42 Å². The standard InChI is InChI=1S/C16H21N3O2S/c1-9-5-6-11-12(8-9)22-16-14(11)15(18-10(2)19-16)17-7-3-4-13(20)21/h9H,3-8H2,1-2H3,(H,20,21)(H,17,18,19). The molecule has 0 aliphatic heterocycles. The predicted molar refractivity (Wildman–Crippen MR) is 88.7 cm³/mol. The third-order valence-corrected chi connectivity index (χ3v) is 5.27. The molecule has 1 aliphatic rings. The van der Waals surface area contributed by atoms with Crippen LogP contribution < -0.4 is 5.32 Å². The lowest BCUT2D eigenvalue weighted by Crippen LogP contribution is -2.10. The van der Waals surface area contributed by atoms with Crippen LogP contribution in [0.5, 0.6) is 0 Å². The van der Waals surface area contributed by atoms with Crippen LogP contribution in [0.25, 0.3) is 10.2 Å². The van der Waals surface area contributed by atoms with Crippen LogP contribution in [0, 0.1) is 12.8 Å². The van der Waals surface area contributed by atoms with Gasteiger partial charge in [0.25, 0.3) is 0 Å². The Hall–Kier alpha value is -1.69. The number of hydrogen-bond donors (Lipinski definition) is 2. The van der Waals surface area contributed by atoms with Crippen molar-refractivity contribution in [2.75, 3.05) is 11.9 Å². The summed E-state index contributed by atoms with van der Waals surface area (Å²) in [6.45, 7) is 4.83. The van der Waals surface area contributed by atoms with Gasteiger partial charge in [-0.3, -0.25) is 4.79 Å². The molecule has 22 heavy (non-hydrogen) atoms.